The van der Waals surface area contributed by atoms with Crippen LogP contribution in [0.15, 0.2) is 77.7 Å². The number of amides is 2. The lowest BCUT2D eigenvalue weighted by Crippen LogP contribution is -2.52. The van der Waals surface area contributed by atoms with E-state index in [9.17, 15) is 18.0 Å². The van der Waals surface area contributed by atoms with Gasteiger partial charge in [0.2, 0.25) is 11.8 Å². The molecule has 0 spiro atoms. The van der Waals surface area contributed by atoms with E-state index in [0.717, 1.165) is 26.6 Å². The number of nitrogens with zero attached hydrogens (tertiary/aromatic N) is 2. The van der Waals surface area contributed by atoms with Gasteiger partial charge in [-0.2, -0.15) is 0 Å². The second kappa shape index (κ2) is 12.7. The van der Waals surface area contributed by atoms with Gasteiger partial charge in [0.1, 0.15) is 12.6 Å². The van der Waals surface area contributed by atoms with Gasteiger partial charge in [-0.05, 0) is 75.1 Å². The van der Waals surface area contributed by atoms with E-state index in [2.05, 4.69) is 5.32 Å². The average molecular weight is 536 g/mol. The Kier molecular flexibility index (Phi) is 9.69. The van der Waals surface area contributed by atoms with Crippen LogP contribution in [0.25, 0.3) is 0 Å². The van der Waals surface area contributed by atoms with E-state index in [0.29, 0.717) is 18.7 Å². The number of sulfonamides is 1. The van der Waals surface area contributed by atoms with Crippen LogP contribution in [0.3, 0.4) is 0 Å². The van der Waals surface area contributed by atoms with Crippen molar-refractivity contribution in [1.29, 1.82) is 0 Å². The fraction of sp³-hybridized carbons (Fsp3) is 0.333. The molecule has 0 saturated heterocycles. The van der Waals surface area contributed by atoms with Gasteiger partial charge in [0.05, 0.1) is 10.6 Å². The molecule has 0 fully saturated rings. The van der Waals surface area contributed by atoms with Gasteiger partial charge in [0.15, 0.2) is 0 Å². The molecular formula is C30H37N3O4S. The summed E-state index contributed by atoms with van der Waals surface area (Å²) in [4.78, 5) is 28.5. The highest BCUT2D eigenvalue weighted by molar-refractivity contribution is 7.92. The number of aryl methyl sites for hydroxylation is 3. The van der Waals surface area contributed by atoms with Gasteiger partial charge in [-0.25, -0.2) is 8.42 Å². The number of hydrogen-bond donors (Lipinski definition) is 1. The van der Waals surface area contributed by atoms with Gasteiger partial charge in [-0.3, -0.25) is 13.9 Å². The van der Waals surface area contributed by atoms with Crippen LogP contribution in [0.4, 0.5) is 5.69 Å². The highest BCUT2D eigenvalue weighted by Crippen LogP contribution is 2.27. The Morgan fingerprint density at radius 2 is 1.53 bits per heavy atom. The van der Waals surface area contributed by atoms with Crippen LogP contribution in [0, 0.1) is 20.8 Å². The summed E-state index contributed by atoms with van der Waals surface area (Å²) in [6, 6.07) is 20.5. The fourth-order valence-corrected chi connectivity index (χ4v) is 5.64. The molecule has 8 heteroatoms. The van der Waals surface area contributed by atoms with E-state index < -0.39 is 28.5 Å². The van der Waals surface area contributed by atoms with E-state index in [4.69, 9.17) is 0 Å². The number of carbonyl (C=O) groups is 2. The smallest absolute Gasteiger partial charge is 0.264 e. The SMILES string of the molecule is CCNC(=O)[C@H](CC)N(Cc1ccccc1)C(=O)CN(c1ccc(C)c(C)c1)S(=O)(=O)c1ccc(C)cc1. The first-order valence-electron chi connectivity index (χ1n) is 12.9. The molecule has 0 saturated carbocycles. The molecule has 0 unspecified atom stereocenters. The van der Waals surface area contributed by atoms with Gasteiger partial charge in [0.25, 0.3) is 10.0 Å². The van der Waals surface area contributed by atoms with E-state index >= 15 is 0 Å². The molecular weight excluding hydrogens is 498 g/mol. The topological polar surface area (TPSA) is 86.8 Å². The van der Waals surface area contributed by atoms with Crippen LogP contribution in [-0.2, 0) is 26.2 Å². The normalized spacial score (nSPS) is 12.0. The summed E-state index contributed by atoms with van der Waals surface area (Å²) in [7, 11) is -4.08. The van der Waals surface area contributed by atoms with Gasteiger partial charge in [0, 0.05) is 13.1 Å². The highest BCUT2D eigenvalue weighted by Gasteiger charge is 2.33. The van der Waals surface area contributed by atoms with E-state index in [1.165, 1.54) is 4.90 Å². The lowest BCUT2D eigenvalue weighted by atomic mass is 10.1. The number of carbonyl (C=O) groups excluding carboxylic acids is 2. The summed E-state index contributed by atoms with van der Waals surface area (Å²) in [5.41, 5.74) is 4.10. The minimum Gasteiger partial charge on any atom is -0.355 e. The monoisotopic (exact) mass is 535 g/mol. The standard InChI is InChI=1S/C30H37N3O4S/c1-6-28(30(35)31-7-2)32(20-25-11-9-8-10-12-25)29(34)21-33(26-16-15-23(4)24(5)19-26)38(36,37)27-17-13-22(3)14-18-27/h8-19,28H,6-7,20-21H2,1-5H3,(H,31,35)/t28-/m0/s1. The van der Waals surface area contributed by atoms with Gasteiger partial charge in [-0.15, -0.1) is 0 Å². The number of anilines is 1. The number of hydrogen-bond acceptors (Lipinski definition) is 4. The van der Waals surface area contributed by atoms with Crippen molar-refractivity contribution in [3.05, 3.63) is 95.1 Å². The summed E-state index contributed by atoms with van der Waals surface area (Å²) in [5.74, 6) is -0.723. The molecule has 2 amide bonds. The molecule has 1 atom stereocenters. The van der Waals surface area contributed by atoms with Crippen molar-refractivity contribution < 1.29 is 18.0 Å². The Bertz CT molecular complexity index is 1360. The molecule has 202 valence electrons. The Morgan fingerprint density at radius 1 is 0.868 bits per heavy atom. The van der Waals surface area contributed by atoms with Crippen LogP contribution in [0.2, 0.25) is 0 Å². The maximum atomic E-state index is 14.0. The second-order valence-electron chi connectivity index (χ2n) is 9.42. The van der Waals surface area contributed by atoms with Crippen LogP contribution in [-0.4, -0.2) is 44.3 Å². The summed E-state index contributed by atoms with van der Waals surface area (Å²) in [6.45, 7) is 9.57. The van der Waals surface area contributed by atoms with Crippen LogP contribution >= 0.6 is 0 Å². The average Bonchev–Trinajstić information content (AvgIpc) is 2.89. The molecule has 3 rings (SSSR count). The van der Waals surface area contributed by atoms with E-state index in [1.54, 1.807) is 36.4 Å². The molecule has 0 radical (unpaired) electrons. The molecule has 0 heterocycles. The molecule has 0 aliphatic heterocycles. The quantitative estimate of drug-likeness (QED) is 0.384. The zero-order valence-corrected chi connectivity index (χ0v) is 23.6. The van der Waals surface area contributed by atoms with Crippen molar-refractivity contribution in [1.82, 2.24) is 10.2 Å². The maximum Gasteiger partial charge on any atom is 0.264 e. The molecule has 0 aliphatic carbocycles. The first-order chi connectivity index (χ1) is 18.1. The van der Waals surface area contributed by atoms with Gasteiger partial charge in [-0.1, -0.05) is 61.0 Å². The van der Waals surface area contributed by atoms with E-state index in [-0.39, 0.29) is 17.3 Å². The lowest BCUT2D eigenvalue weighted by Gasteiger charge is -2.33. The predicted octanol–water partition coefficient (Wildman–Crippen LogP) is 4.75. The summed E-state index contributed by atoms with van der Waals surface area (Å²) in [6.07, 6.45) is 0.388. The van der Waals surface area contributed by atoms with Crippen LogP contribution in [0.5, 0.6) is 0 Å². The Labute approximate surface area is 226 Å². The third-order valence-corrected chi connectivity index (χ3v) is 8.39. The third-order valence-electron chi connectivity index (χ3n) is 6.60. The first-order valence-corrected chi connectivity index (χ1v) is 14.3. The van der Waals surface area contributed by atoms with Crippen LogP contribution in [0.1, 0.15) is 42.5 Å². The Balaban J connectivity index is 2.07. The van der Waals surface area contributed by atoms with Gasteiger partial charge < -0.3 is 10.2 Å². The van der Waals surface area contributed by atoms with Crippen molar-refractivity contribution >= 4 is 27.5 Å². The fourth-order valence-electron chi connectivity index (χ4n) is 4.24. The number of rotatable bonds is 11. The molecule has 1 N–H and O–H groups in total. The summed E-state index contributed by atoms with van der Waals surface area (Å²) >= 11 is 0. The van der Waals surface area contributed by atoms with Gasteiger partial charge >= 0.3 is 0 Å². The zero-order chi connectivity index (χ0) is 27.9. The van der Waals surface area contributed by atoms with Crippen molar-refractivity contribution in [2.45, 2.75) is 58.5 Å². The lowest BCUT2D eigenvalue weighted by molar-refractivity contribution is -0.140. The third kappa shape index (κ3) is 6.81. The summed E-state index contributed by atoms with van der Waals surface area (Å²) in [5, 5.41) is 2.81. The predicted molar refractivity (Wildman–Crippen MR) is 151 cm³/mol. The second-order valence-corrected chi connectivity index (χ2v) is 11.3. The molecule has 3 aromatic carbocycles. The Morgan fingerprint density at radius 3 is 2.11 bits per heavy atom. The number of nitrogens with one attached hydrogen (secondary N) is 1. The highest BCUT2D eigenvalue weighted by atomic mass is 32.2. The van der Waals surface area contributed by atoms with Crippen LogP contribution < -0.4 is 9.62 Å². The van der Waals surface area contributed by atoms with Crippen molar-refractivity contribution in [2.24, 2.45) is 0 Å². The zero-order valence-electron chi connectivity index (χ0n) is 22.8. The molecule has 0 aromatic heterocycles. The van der Waals surface area contributed by atoms with Crippen molar-refractivity contribution in [2.75, 3.05) is 17.4 Å². The van der Waals surface area contributed by atoms with E-state index in [1.807, 2.05) is 71.0 Å². The molecule has 3 aromatic rings. The van der Waals surface area contributed by atoms with Crippen molar-refractivity contribution in [3.63, 3.8) is 0 Å². The molecule has 0 aliphatic rings. The molecule has 0 bridgehead atoms. The Hall–Kier alpha value is -3.65. The minimum atomic E-state index is -4.08. The molecule has 38 heavy (non-hydrogen) atoms. The minimum absolute atomic E-state index is 0.0968. The largest absolute Gasteiger partial charge is 0.355 e. The number of benzene rings is 3. The molecule has 7 nitrogen and oxygen atoms in total. The summed E-state index contributed by atoms with van der Waals surface area (Å²) < 4.78 is 29.0. The van der Waals surface area contributed by atoms with Crippen molar-refractivity contribution in [3.8, 4) is 0 Å². The number of likely N-dealkylation sites (N-methyl/N-ethyl adjacent to an activating group) is 1. The first kappa shape index (κ1) is 28.9. The maximum absolute atomic E-state index is 14.0.